The number of fused-ring (bicyclic) bond motifs is 1. The third kappa shape index (κ3) is 4.18. The highest BCUT2D eigenvalue weighted by Crippen LogP contribution is 2.48. The number of hydrogen-bond acceptors (Lipinski definition) is 7. The standard InChI is InChI=1S/C28H24N4O4/c1-33-20-12-13-23(34-2)21(14-20)24-22(15-29)27(30)36-28-25(24)26(31-32-28)18-8-10-19(11-9-18)35-16-17-6-4-3-5-7-17/h3-14,24H,16,30H2,1-2H3,(H,31,32). The van der Waals surface area contributed by atoms with Crippen LogP contribution < -0.4 is 24.7 Å². The Kier molecular flexibility index (Phi) is 6.20. The summed E-state index contributed by atoms with van der Waals surface area (Å²) in [6, 6.07) is 25.3. The van der Waals surface area contributed by atoms with E-state index in [1.54, 1.807) is 26.4 Å². The van der Waals surface area contributed by atoms with E-state index in [0.717, 1.165) is 16.9 Å². The van der Waals surface area contributed by atoms with Crippen LogP contribution in [0.1, 0.15) is 22.6 Å². The number of allylic oxidation sites excluding steroid dienone is 1. The Morgan fingerprint density at radius 3 is 2.44 bits per heavy atom. The van der Waals surface area contributed by atoms with E-state index in [0.29, 0.717) is 40.8 Å². The zero-order valence-corrected chi connectivity index (χ0v) is 19.8. The van der Waals surface area contributed by atoms with Gasteiger partial charge in [-0.1, -0.05) is 30.3 Å². The Morgan fingerprint density at radius 1 is 1.00 bits per heavy atom. The number of aromatic amines is 1. The second-order valence-corrected chi connectivity index (χ2v) is 8.15. The van der Waals surface area contributed by atoms with Crippen molar-refractivity contribution in [3.8, 4) is 40.5 Å². The van der Waals surface area contributed by atoms with Crippen LogP contribution in [0.3, 0.4) is 0 Å². The van der Waals surface area contributed by atoms with Gasteiger partial charge in [-0.15, -0.1) is 5.10 Å². The summed E-state index contributed by atoms with van der Waals surface area (Å²) in [7, 11) is 3.16. The smallest absolute Gasteiger partial charge is 0.244 e. The molecule has 0 saturated heterocycles. The van der Waals surface area contributed by atoms with Crippen LogP contribution in [0.2, 0.25) is 0 Å². The van der Waals surface area contributed by atoms with E-state index in [-0.39, 0.29) is 11.5 Å². The summed E-state index contributed by atoms with van der Waals surface area (Å²) in [6.07, 6.45) is 0. The molecule has 0 aliphatic carbocycles. The fraction of sp³-hybridized carbons (Fsp3) is 0.143. The topological polar surface area (TPSA) is 115 Å². The summed E-state index contributed by atoms with van der Waals surface area (Å²) in [5.74, 6) is 1.68. The van der Waals surface area contributed by atoms with Crippen molar-refractivity contribution in [3.63, 3.8) is 0 Å². The Morgan fingerprint density at radius 2 is 1.75 bits per heavy atom. The molecule has 5 rings (SSSR count). The molecule has 8 heteroatoms. The van der Waals surface area contributed by atoms with E-state index in [9.17, 15) is 5.26 Å². The minimum atomic E-state index is -0.577. The zero-order chi connectivity index (χ0) is 25.1. The molecule has 0 saturated carbocycles. The van der Waals surface area contributed by atoms with Gasteiger partial charge in [0.25, 0.3) is 0 Å². The number of ether oxygens (including phenoxy) is 4. The summed E-state index contributed by atoms with van der Waals surface area (Å²) < 4.78 is 22.7. The van der Waals surface area contributed by atoms with Gasteiger partial charge in [0.1, 0.15) is 35.5 Å². The van der Waals surface area contributed by atoms with Crippen molar-refractivity contribution in [2.45, 2.75) is 12.5 Å². The molecule has 0 fully saturated rings. The molecule has 1 atom stereocenters. The lowest BCUT2D eigenvalue weighted by molar-refractivity contribution is 0.306. The molecule has 0 spiro atoms. The second-order valence-electron chi connectivity index (χ2n) is 8.15. The maximum absolute atomic E-state index is 10.0. The van der Waals surface area contributed by atoms with Crippen molar-refractivity contribution in [3.05, 3.63) is 101 Å². The van der Waals surface area contributed by atoms with Crippen molar-refractivity contribution in [2.75, 3.05) is 14.2 Å². The highest BCUT2D eigenvalue weighted by molar-refractivity contribution is 5.72. The molecule has 1 aliphatic heterocycles. The summed E-state index contributed by atoms with van der Waals surface area (Å²) in [5, 5.41) is 17.4. The summed E-state index contributed by atoms with van der Waals surface area (Å²) in [4.78, 5) is 0. The number of aromatic nitrogens is 2. The summed E-state index contributed by atoms with van der Waals surface area (Å²) >= 11 is 0. The highest BCUT2D eigenvalue weighted by atomic mass is 16.5. The van der Waals surface area contributed by atoms with Crippen LogP contribution in [0.15, 0.2) is 84.3 Å². The molecule has 0 radical (unpaired) electrons. The second kappa shape index (κ2) is 9.76. The molecule has 1 unspecified atom stereocenters. The minimum absolute atomic E-state index is 0.00239. The normalized spacial score (nSPS) is 14.4. The number of nitrogens with two attached hydrogens (primary N) is 1. The lowest BCUT2D eigenvalue weighted by Gasteiger charge is -2.25. The van der Waals surface area contributed by atoms with E-state index in [4.69, 9.17) is 24.7 Å². The molecule has 180 valence electrons. The number of hydrogen-bond donors (Lipinski definition) is 2. The molecular weight excluding hydrogens is 456 g/mol. The molecule has 0 bridgehead atoms. The molecule has 36 heavy (non-hydrogen) atoms. The van der Waals surface area contributed by atoms with Gasteiger partial charge in [-0.25, -0.2) is 0 Å². The number of benzene rings is 3. The third-order valence-corrected chi connectivity index (χ3v) is 6.08. The first-order valence-electron chi connectivity index (χ1n) is 11.3. The van der Waals surface area contributed by atoms with Crippen LogP contribution in [-0.4, -0.2) is 24.4 Å². The van der Waals surface area contributed by atoms with Gasteiger partial charge in [0.15, 0.2) is 0 Å². The number of methoxy groups -OCH3 is 2. The number of nitriles is 1. The Bertz CT molecular complexity index is 1450. The Labute approximate surface area is 208 Å². The molecule has 1 aliphatic rings. The Hall–Kier alpha value is -4.90. The van der Waals surface area contributed by atoms with Crippen LogP contribution >= 0.6 is 0 Å². The van der Waals surface area contributed by atoms with Gasteiger partial charge in [0.2, 0.25) is 11.8 Å². The average Bonchev–Trinajstić information content (AvgIpc) is 3.34. The van der Waals surface area contributed by atoms with Crippen LogP contribution in [0.25, 0.3) is 11.3 Å². The van der Waals surface area contributed by atoms with Crippen LogP contribution in [0.5, 0.6) is 23.1 Å². The molecule has 2 heterocycles. The van der Waals surface area contributed by atoms with E-state index < -0.39 is 5.92 Å². The quantitative estimate of drug-likeness (QED) is 0.387. The molecule has 0 amide bonds. The first-order chi connectivity index (χ1) is 17.6. The van der Waals surface area contributed by atoms with E-state index in [2.05, 4.69) is 16.3 Å². The van der Waals surface area contributed by atoms with Crippen molar-refractivity contribution < 1.29 is 18.9 Å². The summed E-state index contributed by atoms with van der Waals surface area (Å²) in [6.45, 7) is 0.473. The van der Waals surface area contributed by atoms with E-state index >= 15 is 0 Å². The molecule has 3 N–H and O–H groups in total. The van der Waals surface area contributed by atoms with Crippen LogP contribution in [0.4, 0.5) is 0 Å². The highest BCUT2D eigenvalue weighted by Gasteiger charge is 2.37. The molecule has 3 aromatic carbocycles. The monoisotopic (exact) mass is 480 g/mol. The number of nitrogens with one attached hydrogen (secondary N) is 1. The van der Waals surface area contributed by atoms with Gasteiger partial charge in [0, 0.05) is 11.1 Å². The van der Waals surface area contributed by atoms with Crippen LogP contribution in [-0.2, 0) is 6.61 Å². The lowest BCUT2D eigenvalue weighted by Crippen LogP contribution is -2.21. The van der Waals surface area contributed by atoms with Crippen LogP contribution in [0, 0.1) is 11.3 Å². The molecular formula is C28H24N4O4. The molecule has 8 nitrogen and oxygen atoms in total. The zero-order valence-electron chi connectivity index (χ0n) is 19.8. The van der Waals surface area contributed by atoms with Gasteiger partial charge in [-0.3, -0.25) is 5.10 Å². The molecule has 4 aromatic rings. The van der Waals surface area contributed by atoms with Gasteiger partial charge in [-0.2, -0.15) is 5.26 Å². The van der Waals surface area contributed by atoms with Crippen molar-refractivity contribution >= 4 is 0 Å². The first kappa shape index (κ1) is 22.9. The third-order valence-electron chi connectivity index (χ3n) is 6.08. The predicted octanol–water partition coefficient (Wildman–Crippen LogP) is 4.89. The molecule has 1 aromatic heterocycles. The van der Waals surface area contributed by atoms with Gasteiger partial charge in [-0.05, 0) is 48.0 Å². The maximum Gasteiger partial charge on any atom is 0.244 e. The lowest BCUT2D eigenvalue weighted by atomic mass is 9.82. The SMILES string of the molecule is COc1ccc(OC)c(C2C(C#N)=C(N)Oc3n[nH]c(-c4ccc(OCc5ccccc5)cc4)c32)c1. The fourth-order valence-electron chi connectivity index (χ4n) is 4.30. The van der Waals surface area contributed by atoms with Gasteiger partial charge >= 0.3 is 0 Å². The van der Waals surface area contributed by atoms with Gasteiger partial charge < -0.3 is 24.7 Å². The number of rotatable bonds is 7. The first-order valence-corrected chi connectivity index (χ1v) is 11.3. The van der Waals surface area contributed by atoms with Crippen molar-refractivity contribution in [2.24, 2.45) is 5.73 Å². The van der Waals surface area contributed by atoms with E-state index in [1.807, 2.05) is 60.7 Å². The fourth-order valence-corrected chi connectivity index (χ4v) is 4.30. The minimum Gasteiger partial charge on any atom is -0.497 e. The average molecular weight is 481 g/mol. The Balaban J connectivity index is 1.54. The largest absolute Gasteiger partial charge is 0.497 e. The van der Waals surface area contributed by atoms with Crippen molar-refractivity contribution in [1.29, 1.82) is 5.26 Å². The predicted molar refractivity (Wildman–Crippen MR) is 134 cm³/mol. The number of H-pyrrole nitrogens is 1. The van der Waals surface area contributed by atoms with Gasteiger partial charge in [0.05, 0.1) is 31.4 Å². The van der Waals surface area contributed by atoms with Crippen molar-refractivity contribution in [1.82, 2.24) is 10.2 Å². The summed E-state index contributed by atoms with van der Waals surface area (Å²) in [5.41, 5.74) is 10.4. The van der Waals surface area contributed by atoms with E-state index in [1.165, 1.54) is 0 Å². The number of nitrogens with zero attached hydrogens (tertiary/aromatic N) is 2. The maximum atomic E-state index is 10.0.